The number of imidazole rings is 2. The summed E-state index contributed by atoms with van der Waals surface area (Å²) in [6.07, 6.45) is 6.89. The van der Waals surface area contributed by atoms with Crippen LogP contribution in [-0.2, 0) is 23.8 Å². The number of carboxylic acid groups (broad SMARTS) is 1. The molecule has 2 aromatic carbocycles. The number of hydrogen-bond acceptors (Lipinski definition) is 10. The average Bonchev–Trinajstić information content (AvgIpc) is 4.16. The number of rotatable bonds is 11. The number of aromatic amines is 2. The first-order chi connectivity index (χ1) is 30.6. The van der Waals surface area contributed by atoms with Crippen LogP contribution < -0.4 is 10.6 Å². The Kier molecular flexibility index (Phi) is 12.2. The van der Waals surface area contributed by atoms with Crippen LogP contribution in [0.2, 0.25) is 0 Å². The Bertz CT molecular complexity index is 2470. The van der Waals surface area contributed by atoms with Crippen molar-refractivity contribution < 1.29 is 47.3 Å². The van der Waals surface area contributed by atoms with Crippen LogP contribution in [0, 0.1) is 17.7 Å². The molecule has 0 unspecified atom stereocenters. The number of benzene rings is 2. The summed E-state index contributed by atoms with van der Waals surface area (Å²) in [5.41, 5.74) is 3.58. The third-order valence-electron chi connectivity index (χ3n) is 13.0. The van der Waals surface area contributed by atoms with E-state index in [2.05, 4.69) is 25.6 Å². The number of furan rings is 1. The highest BCUT2D eigenvalue weighted by molar-refractivity contribution is 5.88. The van der Waals surface area contributed by atoms with Crippen molar-refractivity contribution in [3.8, 4) is 33.8 Å². The fraction of sp³-hybridized carbons (Fsp3) is 0.467. The minimum absolute atomic E-state index is 0.0664. The molecule has 5 aromatic rings. The molecule has 0 spiro atoms. The lowest BCUT2D eigenvalue weighted by Gasteiger charge is -2.34. The Hall–Kier alpha value is -6.27. The minimum Gasteiger partial charge on any atom is -0.465 e. The van der Waals surface area contributed by atoms with E-state index in [0.717, 1.165) is 35.9 Å². The highest BCUT2D eigenvalue weighted by Gasteiger charge is 2.41. The number of nitrogens with one attached hydrogen (secondary N) is 4. The van der Waals surface area contributed by atoms with Crippen molar-refractivity contribution >= 4 is 35.0 Å². The van der Waals surface area contributed by atoms with Crippen LogP contribution in [0.5, 0.6) is 0 Å². The highest BCUT2D eigenvalue weighted by atomic mass is 19.1. The Morgan fingerprint density at radius 1 is 0.762 bits per heavy atom. The van der Waals surface area contributed by atoms with E-state index in [9.17, 15) is 24.3 Å². The molecule has 17 nitrogen and oxygen atoms in total. The number of fused-ring (bicyclic) bond motifs is 1. The molecule has 18 heteroatoms. The van der Waals surface area contributed by atoms with E-state index >= 15 is 4.39 Å². The molecule has 0 saturated carbocycles. The number of H-pyrrole nitrogens is 2. The second-order valence-electron chi connectivity index (χ2n) is 16.7. The van der Waals surface area contributed by atoms with E-state index in [4.69, 9.17) is 23.6 Å². The number of ether oxygens (including phenoxy) is 3. The average molecular weight is 867 g/mol. The zero-order valence-corrected chi connectivity index (χ0v) is 34.9. The van der Waals surface area contributed by atoms with Crippen LogP contribution in [-0.4, -0.2) is 118 Å². The van der Waals surface area contributed by atoms with Gasteiger partial charge in [0.05, 0.1) is 48.5 Å². The van der Waals surface area contributed by atoms with E-state index < -0.39 is 30.1 Å². The van der Waals surface area contributed by atoms with Crippen LogP contribution in [0.3, 0.4) is 0 Å². The maximum absolute atomic E-state index is 15.9. The zero-order chi connectivity index (χ0) is 43.6. The summed E-state index contributed by atoms with van der Waals surface area (Å²) < 4.78 is 37.9. The molecule has 4 atom stereocenters. The molecular weight excluding hydrogens is 816 g/mol. The Labute approximate surface area is 362 Å². The second-order valence-corrected chi connectivity index (χ2v) is 16.7. The molecule has 9 rings (SSSR count). The molecule has 4 fully saturated rings. The Balaban J connectivity index is 0.888. The molecule has 5 N–H and O–H groups in total. The van der Waals surface area contributed by atoms with Crippen molar-refractivity contribution in [1.29, 1.82) is 0 Å². The molecule has 7 heterocycles. The molecule has 4 aliphatic rings. The zero-order valence-electron chi connectivity index (χ0n) is 34.9. The lowest BCUT2D eigenvalue weighted by molar-refractivity contribution is -0.137. The lowest BCUT2D eigenvalue weighted by Crippen LogP contribution is -2.53. The van der Waals surface area contributed by atoms with Gasteiger partial charge < -0.3 is 54.1 Å². The summed E-state index contributed by atoms with van der Waals surface area (Å²) >= 11 is 0. The van der Waals surface area contributed by atoms with Gasteiger partial charge >= 0.3 is 12.2 Å². The lowest BCUT2D eigenvalue weighted by atomic mass is 9.90. The van der Waals surface area contributed by atoms with Crippen molar-refractivity contribution in [2.24, 2.45) is 11.8 Å². The summed E-state index contributed by atoms with van der Waals surface area (Å²) in [7, 11) is 1.29. The smallest absolute Gasteiger partial charge is 0.407 e. The molecule has 4 amide bonds. The summed E-state index contributed by atoms with van der Waals surface area (Å²) in [5.74, 6) is 0.411. The number of carbonyl (C=O) groups excluding carboxylic acids is 3. The van der Waals surface area contributed by atoms with Gasteiger partial charge in [-0.15, -0.1) is 0 Å². The quantitative estimate of drug-likeness (QED) is 0.0958. The maximum Gasteiger partial charge on any atom is 0.407 e. The van der Waals surface area contributed by atoms with Gasteiger partial charge in [-0.2, -0.15) is 0 Å². The van der Waals surface area contributed by atoms with Crippen LogP contribution >= 0.6 is 0 Å². The third-order valence-corrected chi connectivity index (χ3v) is 13.0. The van der Waals surface area contributed by atoms with Gasteiger partial charge in [-0.05, 0) is 99.6 Å². The van der Waals surface area contributed by atoms with Gasteiger partial charge in [0.25, 0.3) is 0 Å². The van der Waals surface area contributed by atoms with Crippen molar-refractivity contribution in [3.63, 3.8) is 0 Å². The number of likely N-dealkylation sites (tertiary alicyclic amines) is 2. The molecular formula is C45H51FN8O9. The molecule has 332 valence electrons. The Morgan fingerprint density at radius 3 is 1.84 bits per heavy atom. The number of aromatic nitrogens is 4. The predicted octanol–water partition coefficient (Wildman–Crippen LogP) is 6.56. The first kappa shape index (κ1) is 42.1. The van der Waals surface area contributed by atoms with Crippen LogP contribution in [0.25, 0.3) is 44.8 Å². The van der Waals surface area contributed by atoms with Crippen molar-refractivity contribution in [2.75, 3.05) is 46.6 Å². The van der Waals surface area contributed by atoms with Gasteiger partial charge in [-0.1, -0.05) is 6.07 Å². The largest absolute Gasteiger partial charge is 0.465 e. The number of hydrogen-bond donors (Lipinski definition) is 5. The normalized spacial score (nSPS) is 20.8. The highest BCUT2D eigenvalue weighted by Crippen LogP contribution is 2.38. The van der Waals surface area contributed by atoms with E-state index in [0.29, 0.717) is 106 Å². The van der Waals surface area contributed by atoms with Crippen molar-refractivity contribution in [2.45, 2.75) is 75.5 Å². The molecule has 3 aromatic heterocycles. The molecule has 0 bridgehead atoms. The number of alkyl carbamates (subject to hydrolysis) is 1. The van der Waals surface area contributed by atoms with Crippen LogP contribution in [0.1, 0.15) is 75.1 Å². The number of methoxy groups -OCH3 is 1. The summed E-state index contributed by atoms with van der Waals surface area (Å²) in [6, 6.07) is 10.1. The maximum atomic E-state index is 15.9. The minimum atomic E-state index is -1.24. The number of carbonyl (C=O) groups is 4. The fourth-order valence-corrected chi connectivity index (χ4v) is 9.70. The number of halogens is 1. The summed E-state index contributed by atoms with van der Waals surface area (Å²) in [4.78, 5) is 71.3. The number of nitrogens with zero attached hydrogens (tertiary/aromatic N) is 4. The monoisotopic (exact) mass is 866 g/mol. The molecule has 4 saturated heterocycles. The van der Waals surface area contributed by atoms with Gasteiger partial charge in [0.15, 0.2) is 0 Å². The van der Waals surface area contributed by atoms with Gasteiger partial charge in [-0.25, -0.2) is 23.9 Å². The topological polar surface area (TPSA) is 217 Å². The Morgan fingerprint density at radius 2 is 1.30 bits per heavy atom. The molecule has 63 heavy (non-hydrogen) atoms. The van der Waals surface area contributed by atoms with Gasteiger partial charge in [0.2, 0.25) is 11.8 Å². The van der Waals surface area contributed by atoms with Crippen molar-refractivity contribution in [3.05, 3.63) is 72.3 Å². The van der Waals surface area contributed by atoms with E-state index in [-0.39, 0.29) is 41.3 Å². The second kappa shape index (κ2) is 18.2. The van der Waals surface area contributed by atoms with E-state index in [1.807, 2.05) is 18.2 Å². The molecule has 0 radical (unpaired) electrons. The van der Waals surface area contributed by atoms with Crippen molar-refractivity contribution in [1.82, 2.24) is 40.4 Å². The van der Waals surface area contributed by atoms with Gasteiger partial charge in [0, 0.05) is 56.0 Å². The van der Waals surface area contributed by atoms with E-state index in [1.54, 1.807) is 40.4 Å². The third kappa shape index (κ3) is 8.73. The first-order valence-corrected chi connectivity index (χ1v) is 21.7. The standard InChI is InChI=1S/C45H51FN8O9/c1-60-45(59)52-39(26-12-18-62-19-13-26)43(56)54-15-3-5-35(54)40-47-23-32(49-40)27-7-9-36-29(20-27)22-37(63-36)30-8-6-28(21-31(30)46)33-24-48-41(50-33)34-4-2-14-53(34)42(55)38(51-44(57)58)25-10-16-61-17-11-25/h6-9,20-26,34-35,38-39,51H,2-5,10-19H2,1H3,(H,47,49)(H,48,50)(H,52,59)(H,57,58)/t34-,35-,38-,39-/m0/s1. The SMILES string of the molecule is COC(=O)N[C@H](C(=O)N1CCC[C@H]1c1ncc(-c2ccc3oc(-c4ccc(-c5cnc([C@@H]6CCCN6C(=O)[C@@H](NC(=O)O)C6CCOCC6)[nH]5)cc4F)cc3c2)[nH]1)C1CCOCC1. The fourth-order valence-electron chi connectivity index (χ4n) is 9.70. The van der Waals surface area contributed by atoms with E-state index in [1.165, 1.54) is 13.2 Å². The van der Waals surface area contributed by atoms with Gasteiger partial charge in [0.1, 0.15) is 40.9 Å². The van der Waals surface area contributed by atoms with Gasteiger partial charge in [-0.3, -0.25) is 9.59 Å². The van der Waals surface area contributed by atoms with Crippen LogP contribution in [0.4, 0.5) is 14.0 Å². The predicted molar refractivity (Wildman–Crippen MR) is 226 cm³/mol. The summed E-state index contributed by atoms with van der Waals surface area (Å²) in [6.45, 7) is 3.04. The number of amides is 4. The van der Waals surface area contributed by atoms with Crippen LogP contribution in [0.15, 0.2) is 59.3 Å². The molecule has 0 aliphatic carbocycles. The summed E-state index contributed by atoms with van der Waals surface area (Å²) in [5, 5.41) is 15.6. The first-order valence-electron chi connectivity index (χ1n) is 21.7. The molecule has 4 aliphatic heterocycles.